The van der Waals surface area contributed by atoms with Crippen molar-refractivity contribution in [1.29, 1.82) is 0 Å². The summed E-state index contributed by atoms with van der Waals surface area (Å²) in [5.74, 6) is 6.65. The zero-order valence-electron chi connectivity index (χ0n) is 12.5. The maximum atomic E-state index is 11.1. The molecule has 0 bridgehead atoms. The molecule has 0 amide bonds. The van der Waals surface area contributed by atoms with Crippen molar-refractivity contribution in [1.82, 2.24) is 9.88 Å². The Morgan fingerprint density at radius 1 is 1.52 bits per heavy atom. The van der Waals surface area contributed by atoms with Gasteiger partial charge in [-0.05, 0) is 45.0 Å². The van der Waals surface area contributed by atoms with Crippen LogP contribution >= 0.6 is 0 Å². The molecule has 8 heteroatoms. The molecule has 1 aromatic heterocycles. The summed E-state index contributed by atoms with van der Waals surface area (Å²) in [5, 5.41) is 11.1. The summed E-state index contributed by atoms with van der Waals surface area (Å²) in [6, 6.07) is 2.94. The number of anilines is 2. The molecule has 0 unspecified atom stereocenters. The summed E-state index contributed by atoms with van der Waals surface area (Å²) in [5.41, 5.74) is 2.43. The van der Waals surface area contributed by atoms with Gasteiger partial charge < -0.3 is 15.2 Å². The van der Waals surface area contributed by atoms with Gasteiger partial charge in [-0.2, -0.15) is 0 Å². The summed E-state index contributed by atoms with van der Waals surface area (Å²) in [6.07, 6.45) is 2.20. The maximum absolute atomic E-state index is 11.1. The van der Waals surface area contributed by atoms with Gasteiger partial charge in [0.15, 0.2) is 0 Å². The largest absolute Gasteiger partial charge is 0.354 e. The van der Waals surface area contributed by atoms with E-state index in [0.717, 1.165) is 32.5 Å². The highest BCUT2D eigenvalue weighted by Crippen LogP contribution is 2.28. The Kier molecular flexibility index (Phi) is 4.92. The van der Waals surface area contributed by atoms with Crippen LogP contribution < -0.4 is 16.2 Å². The SMILES string of the molecule is CN1CCC(CN(C)c2nc(NN)ccc2[N+](=O)[O-])CC1. The van der Waals surface area contributed by atoms with Crippen molar-refractivity contribution in [2.24, 2.45) is 11.8 Å². The van der Waals surface area contributed by atoms with E-state index in [1.165, 1.54) is 12.1 Å². The first-order chi connectivity index (χ1) is 10.0. The molecule has 1 aliphatic rings. The summed E-state index contributed by atoms with van der Waals surface area (Å²) in [7, 11) is 3.96. The monoisotopic (exact) mass is 294 g/mol. The fourth-order valence-corrected chi connectivity index (χ4v) is 2.66. The highest BCUT2D eigenvalue weighted by atomic mass is 16.6. The number of aromatic nitrogens is 1. The van der Waals surface area contributed by atoms with E-state index in [1.807, 2.05) is 11.9 Å². The van der Waals surface area contributed by atoms with Crippen molar-refractivity contribution in [3.8, 4) is 0 Å². The fraction of sp³-hybridized carbons (Fsp3) is 0.615. The Balaban J connectivity index is 2.13. The van der Waals surface area contributed by atoms with Crippen LogP contribution in [0.4, 0.5) is 17.3 Å². The van der Waals surface area contributed by atoms with E-state index >= 15 is 0 Å². The Morgan fingerprint density at radius 2 is 2.19 bits per heavy atom. The third kappa shape index (κ3) is 3.79. The number of piperidine rings is 1. The Labute approximate surface area is 124 Å². The number of nitrogens with two attached hydrogens (primary N) is 1. The molecule has 0 atom stereocenters. The molecule has 116 valence electrons. The summed E-state index contributed by atoms with van der Waals surface area (Å²) < 4.78 is 0. The van der Waals surface area contributed by atoms with Gasteiger partial charge in [-0.25, -0.2) is 10.8 Å². The van der Waals surface area contributed by atoms with Gasteiger partial charge in [-0.15, -0.1) is 0 Å². The smallest absolute Gasteiger partial charge is 0.311 e. The second-order valence-electron chi connectivity index (χ2n) is 5.57. The number of nitro groups is 1. The number of nitrogens with zero attached hydrogens (tertiary/aromatic N) is 4. The molecule has 0 aliphatic carbocycles. The lowest BCUT2D eigenvalue weighted by atomic mass is 9.96. The Hall–Kier alpha value is -1.93. The van der Waals surface area contributed by atoms with Gasteiger partial charge in [-0.1, -0.05) is 0 Å². The van der Waals surface area contributed by atoms with Gasteiger partial charge in [0.25, 0.3) is 0 Å². The standard InChI is InChI=1S/C13H22N6O2/c1-17-7-5-10(6-8-17)9-18(2)13-11(19(20)21)3-4-12(15-13)16-14/h3-4,10H,5-9,14H2,1-2H3,(H,15,16). The molecule has 21 heavy (non-hydrogen) atoms. The molecule has 0 radical (unpaired) electrons. The maximum Gasteiger partial charge on any atom is 0.311 e. The molecule has 1 aromatic rings. The Bertz CT molecular complexity index is 501. The van der Waals surface area contributed by atoms with Gasteiger partial charge in [0, 0.05) is 19.7 Å². The van der Waals surface area contributed by atoms with Gasteiger partial charge in [0.05, 0.1) is 4.92 Å². The van der Waals surface area contributed by atoms with Crippen LogP contribution in [0.15, 0.2) is 12.1 Å². The topological polar surface area (TPSA) is 101 Å². The zero-order chi connectivity index (χ0) is 15.4. The molecule has 1 fully saturated rings. The number of likely N-dealkylation sites (tertiary alicyclic amines) is 1. The van der Waals surface area contributed by atoms with E-state index in [1.54, 1.807) is 0 Å². The number of nitrogen functional groups attached to an aromatic ring is 1. The van der Waals surface area contributed by atoms with Gasteiger partial charge >= 0.3 is 5.69 Å². The lowest BCUT2D eigenvalue weighted by Crippen LogP contribution is -2.36. The van der Waals surface area contributed by atoms with E-state index in [-0.39, 0.29) is 5.69 Å². The zero-order valence-corrected chi connectivity index (χ0v) is 12.5. The molecule has 8 nitrogen and oxygen atoms in total. The minimum atomic E-state index is -0.409. The first-order valence-electron chi connectivity index (χ1n) is 7.03. The highest BCUT2D eigenvalue weighted by molar-refractivity contribution is 5.61. The number of hydrogen-bond acceptors (Lipinski definition) is 7. The van der Waals surface area contributed by atoms with E-state index in [4.69, 9.17) is 5.84 Å². The third-order valence-corrected chi connectivity index (χ3v) is 3.93. The average molecular weight is 294 g/mol. The van der Waals surface area contributed by atoms with Gasteiger partial charge in [0.1, 0.15) is 5.82 Å². The molecular formula is C13H22N6O2. The lowest BCUT2D eigenvalue weighted by Gasteiger charge is -2.31. The number of hydrazine groups is 1. The van der Waals surface area contributed by atoms with Crippen molar-refractivity contribution >= 4 is 17.3 Å². The van der Waals surface area contributed by atoms with E-state index in [0.29, 0.717) is 17.6 Å². The molecule has 0 spiro atoms. The predicted molar refractivity (Wildman–Crippen MR) is 82.2 cm³/mol. The minimum absolute atomic E-state index is 0.00410. The highest BCUT2D eigenvalue weighted by Gasteiger charge is 2.23. The van der Waals surface area contributed by atoms with Crippen LogP contribution in [0.2, 0.25) is 0 Å². The number of pyridine rings is 1. The van der Waals surface area contributed by atoms with E-state index in [2.05, 4.69) is 22.4 Å². The van der Waals surface area contributed by atoms with Crippen molar-refractivity contribution in [2.45, 2.75) is 12.8 Å². The Morgan fingerprint density at radius 3 is 2.76 bits per heavy atom. The molecular weight excluding hydrogens is 272 g/mol. The summed E-state index contributed by atoms with van der Waals surface area (Å²) in [4.78, 5) is 19.1. The van der Waals surface area contributed by atoms with Crippen molar-refractivity contribution < 1.29 is 4.92 Å². The molecule has 1 saturated heterocycles. The first kappa shape index (κ1) is 15.5. The van der Waals surface area contributed by atoms with Crippen LogP contribution in [0.25, 0.3) is 0 Å². The van der Waals surface area contributed by atoms with Crippen LogP contribution in [-0.2, 0) is 0 Å². The fourth-order valence-electron chi connectivity index (χ4n) is 2.66. The molecule has 2 heterocycles. The molecule has 1 aliphatic heterocycles. The van der Waals surface area contributed by atoms with Crippen LogP contribution in [-0.4, -0.2) is 48.5 Å². The van der Waals surface area contributed by atoms with Crippen LogP contribution in [0.3, 0.4) is 0 Å². The van der Waals surface area contributed by atoms with Crippen molar-refractivity contribution in [3.05, 3.63) is 22.2 Å². The minimum Gasteiger partial charge on any atom is -0.354 e. The first-order valence-corrected chi connectivity index (χ1v) is 7.03. The number of nitrogens with one attached hydrogen (secondary N) is 1. The lowest BCUT2D eigenvalue weighted by molar-refractivity contribution is -0.384. The molecule has 0 aromatic carbocycles. The number of rotatable bonds is 5. The van der Waals surface area contributed by atoms with E-state index in [9.17, 15) is 10.1 Å². The van der Waals surface area contributed by atoms with E-state index < -0.39 is 4.92 Å². The van der Waals surface area contributed by atoms with Crippen LogP contribution in [0, 0.1) is 16.0 Å². The van der Waals surface area contributed by atoms with Crippen LogP contribution in [0.5, 0.6) is 0 Å². The second kappa shape index (κ2) is 6.68. The summed E-state index contributed by atoms with van der Waals surface area (Å²) >= 11 is 0. The third-order valence-electron chi connectivity index (χ3n) is 3.93. The van der Waals surface area contributed by atoms with Crippen molar-refractivity contribution in [2.75, 3.05) is 44.1 Å². The van der Waals surface area contributed by atoms with Crippen LogP contribution in [0.1, 0.15) is 12.8 Å². The molecule has 3 N–H and O–H groups in total. The molecule has 0 saturated carbocycles. The second-order valence-corrected chi connectivity index (χ2v) is 5.57. The summed E-state index contributed by atoms with van der Waals surface area (Å²) in [6.45, 7) is 2.90. The average Bonchev–Trinajstić information content (AvgIpc) is 2.48. The van der Waals surface area contributed by atoms with Crippen molar-refractivity contribution in [3.63, 3.8) is 0 Å². The normalized spacial score (nSPS) is 16.7. The number of hydrogen-bond donors (Lipinski definition) is 2. The quantitative estimate of drug-likeness (QED) is 0.475. The molecule has 2 rings (SSSR count). The predicted octanol–water partition coefficient (Wildman–Crippen LogP) is 1.05. The van der Waals surface area contributed by atoms with Gasteiger partial charge in [-0.3, -0.25) is 10.1 Å². The van der Waals surface area contributed by atoms with Gasteiger partial charge in [0.2, 0.25) is 5.82 Å².